The summed E-state index contributed by atoms with van der Waals surface area (Å²) in [4.78, 5) is 16.6. The monoisotopic (exact) mass is 344 g/mol. The van der Waals surface area contributed by atoms with Gasteiger partial charge < -0.3 is 10.4 Å². The maximum absolute atomic E-state index is 13.6. The number of carbonyl (C=O) groups is 1. The Hall–Kier alpha value is -2.50. The number of hydrogen-bond acceptors (Lipinski definition) is 3. The number of amides is 1. The molecule has 2 N–H and O–H groups in total. The van der Waals surface area contributed by atoms with E-state index in [1.54, 1.807) is 30.5 Å². The number of pyridine rings is 1. The van der Waals surface area contributed by atoms with Crippen LogP contribution in [0.3, 0.4) is 0 Å². The second-order valence-electron chi connectivity index (χ2n) is 5.28. The SMILES string of the molecule is O=C(NCC(O)c1ccccc1F)c1cc(Cl)cc2cccnc12. The highest BCUT2D eigenvalue weighted by Crippen LogP contribution is 2.22. The van der Waals surface area contributed by atoms with Crippen molar-refractivity contribution in [3.05, 3.63) is 76.7 Å². The summed E-state index contributed by atoms with van der Waals surface area (Å²) >= 11 is 6.04. The van der Waals surface area contributed by atoms with Crippen molar-refractivity contribution in [3.63, 3.8) is 0 Å². The van der Waals surface area contributed by atoms with Gasteiger partial charge in [0.1, 0.15) is 5.82 Å². The van der Waals surface area contributed by atoms with Gasteiger partial charge in [-0.2, -0.15) is 0 Å². The number of benzene rings is 2. The predicted octanol–water partition coefficient (Wildman–Crippen LogP) is 3.49. The summed E-state index contributed by atoms with van der Waals surface area (Å²) < 4.78 is 13.6. The smallest absolute Gasteiger partial charge is 0.253 e. The van der Waals surface area contributed by atoms with Crippen LogP contribution >= 0.6 is 11.6 Å². The van der Waals surface area contributed by atoms with Gasteiger partial charge in [-0.25, -0.2) is 4.39 Å². The van der Waals surface area contributed by atoms with E-state index in [2.05, 4.69) is 10.3 Å². The van der Waals surface area contributed by atoms with Gasteiger partial charge in [0.2, 0.25) is 0 Å². The summed E-state index contributed by atoms with van der Waals surface area (Å²) in [5, 5.41) is 13.8. The molecular formula is C18H14ClFN2O2. The second-order valence-corrected chi connectivity index (χ2v) is 5.71. The highest BCUT2D eigenvalue weighted by atomic mass is 35.5. The quantitative estimate of drug-likeness (QED) is 0.761. The van der Waals surface area contributed by atoms with Crippen molar-refractivity contribution < 1.29 is 14.3 Å². The van der Waals surface area contributed by atoms with Crippen LogP contribution in [0.1, 0.15) is 22.0 Å². The molecule has 1 heterocycles. The maximum Gasteiger partial charge on any atom is 0.253 e. The minimum atomic E-state index is -1.14. The number of nitrogens with one attached hydrogen (secondary N) is 1. The molecule has 1 atom stereocenters. The molecule has 0 saturated heterocycles. The lowest BCUT2D eigenvalue weighted by Crippen LogP contribution is -2.29. The lowest BCUT2D eigenvalue weighted by atomic mass is 10.1. The van der Waals surface area contributed by atoms with Gasteiger partial charge in [0.15, 0.2) is 0 Å². The number of fused-ring (bicyclic) bond motifs is 1. The molecule has 122 valence electrons. The third-order valence-corrected chi connectivity index (χ3v) is 3.85. The van der Waals surface area contributed by atoms with E-state index in [0.29, 0.717) is 16.1 Å². The molecule has 0 aliphatic carbocycles. The molecule has 0 bridgehead atoms. The fourth-order valence-corrected chi connectivity index (χ4v) is 2.70. The minimum Gasteiger partial charge on any atom is -0.386 e. The second kappa shape index (κ2) is 6.95. The Balaban J connectivity index is 1.80. The molecule has 24 heavy (non-hydrogen) atoms. The molecule has 0 spiro atoms. The van der Waals surface area contributed by atoms with Crippen LogP contribution in [0.4, 0.5) is 4.39 Å². The van der Waals surface area contributed by atoms with Crippen LogP contribution in [-0.2, 0) is 0 Å². The summed E-state index contributed by atoms with van der Waals surface area (Å²) in [6, 6.07) is 12.7. The van der Waals surface area contributed by atoms with E-state index < -0.39 is 17.8 Å². The predicted molar refractivity (Wildman–Crippen MR) is 90.4 cm³/mol. The molecule has 1 amide bonds. The highest BCUT2D eigenvalue weighted by molar-refractivity contribution is 6.32. The van der Waals surface area contributed by atoms with E-state index in [9.17, 15) is 14.3 Å². The zero-order valence-electron chi connectivity index (χ0n) is 12.5. The molecule has 0 aliphatic rings. The molecular weight excluding hydrogens is 331 g/mol. The van der Waals surface area contributed by atoms with Crippen LogP contribution in [0.25, 0.3) is 10.9 Å². The lowest BCUT2D eigenvalue weighted by Gasteiger charge is -2.13. The third-order valence-electron chi connectivity index (χ3n) is 3.63. The van der Waals surface area contributed by atoms with Crippen molar-refractivity contribution >= 4 is 28.4 Å². The Morgan fingerprint density at radius 2 is 2.04 bits per heavy atom. The lowest BCUT2D eigenvalue weighted by molar-refractivity contribution is 0.0915. The summed E-state index contributed by atoms with van der Waals surface area (Å²) in [6.07, 6.45) is 0.440. The van der Waals surface area contributed by atoms with E-state index in [0.717, 1.165) is 5.39 Å². The largest absolute Gasteiger partial charge is 0.386 e. The third kappa shape index (κ3) is 3.37. The van der Waals surface area contributed by atoms with Gasteiger partial charge in [-0.05, 0) is 24.3 Å². The van der Waals surface area contributed by atoms with E-state index in [1.165, 1.54) is 24.3 Å². The normalized spacial score (nSPS) is 12.1. The standard InChI is InChI=1S/C18H14ClFN2O2/c19-12-8-11-4-3-7-21-17(11)14(9-12)18(24)22-10-16(23)13-5-1-2-6-15(13)20/h1-9,16,23H,10H2,(H,22,24). The molecule has 0 fully saturated rings. The number of hydrogen-bond donors (Lipinski definition) is 2. The van der Waals surface area contributed by atoms with Gasteiger partial charge in [0, 0.05) is 28.7 Å². The summed E-state index contributed by atoms with van der Waals surface area (Å²) in [5.41, 5.74) is 0.950. The van der Waals surface area contributed by atoms with Gasteiger partial charge in [-0.3, -0.25) is 9.78 Å². The first-order chi connectivity index (χ1) is 11.6. The van der Waals surface area contributed by atoms with Crippen molar-refractivity contribution in [2.24, 2.45) is 0 Å². The van der Waals surface area contributed by atoms with E-state index >= 15 is 0 Å². The maximum atomic E-state index is 13.6. The van der Waals surface area contributed by atoms with Gasteiger partial charge in [0.05, 0.1) is 17.2 Å². The fourth-order valence-electron chi connectivity index (χ4n) is 2.47. The number of nitrogens with zero attached hydrogens (tertiary/aromatic N) is 1. The number of halogens is 2. The summed E-state index contributed by atoms with van der Waals surface area (Å²) in [6.45, 7) is -0.124. The number of aliphatic hydroxyl groups is 1. The molecule has 0 radical (unpaired) electrons. The minimum absolute atomic E-state index is 0.124. The molecule has 3 aromatic rings. The summed E-state index contributed by atoms with van der Waals surface area (Å²) in [7, 11) is 0. The molecule has 3 rings (SSSR count). The van der Waals surface area contributed by atoms with Crippen molar-refractivity contribution in [2.75, 3.05) is 6.54 Å². The van der Waals surface area contributed by atoms with Gasteiger partial charge in [-0.15, -0.1) is 0 Å². The van der Waals surface area contributed by atoms with Crippen LogP contribution in [0.2, 0.25) is 5.02 Å². The fraction of sp³-hybridized carbons (Fsp3) is 0.111. The van der Waals surface area contributed by atoms with Crippen LogP contribution in [-0.4, -0.2) is 22.5 Å². The molecule has 0 saturated carbocycles. The van der Waals surface area contributed by atoms with E-state index in [4.69, 9.17) is 11.6 Å². The van der Waals surface area contributed by atoms with Crippen LogP contribution < -0.4 is 5.32 Å². The number of carbonyl (C=O) groups excluding carboxylic acids is 1. The first-order valence-electron chi connectivity index (χ1n) is 7.31. The number of aliphatic hydroxyl groups excluding tert-OH is 1. The first-order valence-corrected chi connectivity index (χ1v) is 7.69. The summed E-state index contributed by atoms with van der Waals surface area (Å²) in [5.74, 6) is -0.953. The topological polar surface area (TPSA) is 62.2 Å². The Kier molecular flexibility index (Phi) is 4.74. The molecule has 6 heteroatoms. The Bertz CT molecular complexity index is 901. The van der Waals surface area contributed by atoms with Gasteiger partial charge in [-0.1, -0.05) is 35.9 Å². The Morgan fingerprint density at radius 1 is 1.25 bits per heavy atom. The zero-order chi connectivity index (χ0) is 17.1. The van der Waals surface area contributed by atoms with Crippen molar-refractivity contribution in [3.8, 4) is 0 Å². The van der Waals surface area contributed by atoms with Gasteiger partial charge in [0.25, 0.3) is 5.91 Å². The van der Waals surface area contributed by atoms with Crippen molar-refractivity contribution in [2.45, 2.75) is 6.10 Å². The Labute approximate surface area is 142 Å². The average Bonchev–Trinajstić information content (AvgIpc) is 2.59. The van der Waals surface area contributed by atoms with Crippen molar-refractivity contribution in [1.82, 2.24) is 10.3 Å². The van der Waals surface area contributed by atoms with E-state index in [-0.39, 0.29) is 12.1 Å². The number of rotatable bonds is 4. The van der Waals surface area contributed by atoms with Crippen LogP contribution in [0.5, 0.6) is 0 Å². The first kappa shape index (κ1) is 16.4. The van der Waals surface area contributed by atoms with Crippen LogP contribution in [0.15, 0.2) is 54.7 Å². The molecule has 0 aliphatic heterocycles. The molecule has 4 nitrogen and oxygen atoms in total. The van der Waals surface area contributed by atoms with Crippen LogP contribution in [0, 0.1) is 5.82 Å². The average molecular weight is 345 g/mol. The highest BCUT2D eigenvalue weighted by Gasteiger charge is 2.16. The molecule has 1 aromatic heterocycles. The van der Waals surface area contributed by atoms with E-state index in [1.807, 2.05) is 0 Å². The Morgan fingerprint density at radius 3 is 2.83 bits per heavy atom. The van der Waals surface area contributed by atoms with Crippen molar-refractivity contribution in [1.29, 1.82) is 0 Å². The van der Waals surface area contributed by atoms with Gasteiger partial charge >= 0.3 is 0 Å². The molecule has 1 unspecified atom stereocenters. The molecule has 2 aromatic carbocycles. The number of aromatic nitrogens is 1. The zero-order valence-corrected chi connectivity index (χ0v) is 13.3.